The molecule has 0 bridgehead atoms. The second kappa shape index (κ2) is 9.02. The molecule has 0 saturated heterocycles. The van der Waals surface area contributed by atoms with Gasteiger partial charge in [-0.25, -0.2) is 0 Å². The van der Waals surface area contributed by atoms with Crippen LogP contribution in [0.3, 0.4) is 0 Å². The molecule has 3 aromatic rings. The summed E-state index contributed by atoms with van der Waals surface area (Å²) in [4.78, 5) is 4.04. The van der Waals surface area contributed by atoms with E-state index in [1.165, 1.54) is 16.7 Å². The Morgan fingerprint density at radius 1 is 0.846 bits per heavy atom. The number of pyridine rings is 1. The van der Waals surface area contributed by atoms with Crippen molar-refractivity contribution in [3.05, 3.63) is 89.2 Å². The van der Waals surface area contributed by atoms with E-state index in [0.717, 1.165) is 30.2 Å². The average molecular weight is 349 g/mol. The third kappa shape index (κ3) is 5.07. The Morgan fingerprint density at radius 2 is 1.65 bits per heavy atom. The minimum Gasteiger partial charge on any atom is -0.493 e. The molecule has 26 heavy (non-hydrogen) atoms. The Bertz CT molecular complexity index is 835. The zero-order chi connectivity index (χ0) is 18.2. The van der Waals surface area contributed by atoms with Crippen LogP contribution < -0.4 is 14.8 Å². The Balaban J connectivity index is 1.58. The van der Waals surface area contributed by atoms with Gasteiger partial charge in [-0.15, -0.1) is 0 Å². The van der Waals surface area contributed by atoms with E-state index in [9.17, 15) is 0 Å². The van der Waals surface area contributed by atoms with Crippen molar-refractivity contribution in [3.8, 4) is 11.5 Å². The third-order valence-electron chi connectivity index (χ3n) is 4.21. The average Bonchev–Trinajstić information content (AvgIpc) is 2.67. The highest BCUT2D eigenvalue weighted by Crippen LogP contribution is 2.28. The number of nitrogens with two attached hydrogens (primary N) is 1. The lowest BCUT2D eigenvalue weighted by molar-refractivity contribution is -0.686. The summed E-state index contributed by atoms with van der Waals surface area (Å²) in [5, 5.41) is 2.26. The Hall–Kier alpha value is -2.85. The maximum absolute atomic E-state index is 5.96. The van der Waals surface area contributed by atoms with Crippen molar-refractivity contribution in [2.75, 3.05) is 7.11 Å². The standard InChI is InChI=1S/C22H24N2O2/c1-17-4-3-5-20(12-17)16-26-21-7-6-19(13-22(21)25-2)15-24-14-18-8-10-23-11-9-18/h3-13,24H,14-16H2,1-2H3/p+1. The van der Waals surface area contributed by atoms with Crippen molar-refractivity contribution in [3.63, 3.8) is 0 Å². The van der Waals surface area contributed by atoms with Gasteiger partial charge in [-0.05, 0) is 42.8 Å². The van der Waals surface area contributed by atoms with E-state index >= 15 is 0 Å². The molecular weight excluding hydrogens is 324 g/mol. The summed E-state index contributed by atoms with van der Waals surface area (Å²) in [6, 6.07) is 18.6. The van der Waals surface area contributed by atoms with E-state index in [2.05, 4.69) is 47.6 Å². The number of ether oxygens (including phenoxy) is 2. The van der Waals surface area contributed by atoms with Crippen molar-refractivity contribution >= 4 is 0 Å². The molecule has 2 aromatic carbocycles. The normalized spacial score (nSPS) is 10.5. The maximum Gasteiger partial charge on any atom is 0.161 e. The predicted octanol–water partition coefficient (Wildman–Crippen LogP) is 3.24. The molecule has 0 aliphatic rings. The Morgan fingerprint density at radius 3 is 2.42 bits per heavy atom. The van der Waals surface area contributed by atoms with Crippen LogP contribution in [0.5, 0.6) is 11.5 Å². The van der Waals surface area contributed by atoms with Crippen LogP contribution in [0.25, 0.3) is 0 Å². The minimum absolute atomic E-state index is 0.533. The molecule has 0 spiro atoms. The molecule has 0 unspecified atom stereocenters. The lowest BCUT2D eigenvalue weighted by Gasteiger charge is -2.12. The highest BCUT2D eigenvalue weighted by Gasteiger charge is 2.07. The van der Waals surface area contributed by atoms with E-state index < -0.39 is 0 Å². The second-order valence-corrected chi connectivity index (χ2v) is 6.32. The van der Waals surface area contributed by atoms with E-state index in [0.29, 0.717) is 6.61 Å². The number of benzene rings is 2. The van der Waals surface area contributed by atoms with Gasteiger partial charge in [0.25, 0.3) is 0 Å². The number of rotatable bonds is 8. The molecule has 0 aliphatic heterocycles. The summed E-state index contributed by atoms with van der Waals surface area (Å²) in [7, 11) is 1.68. The van der Waals surface area contributed by atoms with Crippen molar-refractivity contribution in [2.45, 2.75) is 26.6 Å². The van der Waals surface area contributed by atoms with E-state index in [1.54, 1.807) is 7.11 Å². The first-order valence-corrected chi connectivity index (χ1v) is 8.80. The molecule has 0 aliphatic carbocycles. The van der Waals surface area contributed by atoms with Gasteiger partial charge < -0.3 is 14.8 Å². The monoisotopic (exact) mass is 349 g/mol. The van der Waals surface area contributed by atoms with Gasteiger partial charge in [-0.2, -0.15) is 0 Å². The van der Waals surface area contributed by atoms with Crippen LogP contribution >= 0.6 is 0 Å². The molecule has 4 nitrogen and oxygen atoms in total. The molecule has 0 saturated carbocycles. The van der Waals surface area contributed by atoms with Gasteiger partial charge in [-0.1, -0.05) is 29.8 Å². The maximum atomic E-state index is 5.96. The molecule has 0 fully saturated rings. The molecule has 2 N–H and O–H groups in total. The first-order valence-electron chi connectivity index (χ1n) is 8.80. The van der Waals surface area contributed by atoms with Gasteiger partial charge >= 0.3 is 0 Å². The van der Waals surface area contributed by atoms with Gasteiger partial charge in [0, 0.05) is 23.5 Å². The van der Waals surface area contributed by atoms with Gasteiger partial charge in [0.15, 0.2) is 11.5 Å². The van der Waals surface area contributed by atoms with Crippen LogP contribution in [-0.4, -0.2) is 12.1 Å². The number of nitrogens with zero attached hydrogens (tertiary/aromatic N) is 1. The molecule has 134 valence electrons. The third-order valence-corrected chi connectivity index (χ3v) is 4.21. The lowest BCUT2D eigenvalue weighted by Crippen LogP contribution is -2.80. The van der Waals surface area contributed by atoms with Crippen molar-refractivity contribution < 1.29 is 14.8 Å². The summed E-state index contributed by atoms with van der Waals surface area (Å²) < 4.78 is 11.5. The van der Waals surface area contributed by atoms with E-state index in [1.807, 2.05) is 36.7 Å². The number of methoxy groups -OCH3 is 1. The number of aryl methyl sites for hydroxylation is 1. The molecular formula is C22H25N2O2+. The van der Waals surface area contributed by atoms with Crippen molar-refractivity contribution in [2.24, 2.45) is 0 Å². The number of quaternary nitrogens is 1. The highest BCUT2D eigenvalue weighted by molar-refractivity contribution is 5.43. The summed E-state index contributed by atoms with van der Waals surface area (Å²) in [5.74, 6) is 1.54. The van der Waals surface area contributed by atoms with Crippen LogP contribution in [0.1, 0.15) is 22.3 Å². The lowest BCUT2D eigenvalue weighted by atomic mass is 10.1. The summed E-state index contributed by atoms with van der Waals surface area (Å²) in [6.45, 7) is 4.43. The molecule has 0 amide bonds. The molecule has 0 radical (unpaired) electrons. The van der Waals surface area contributed by atoms with Crippen LogP contribution in [0, 0.1) is 6.92 Å². The van der Waals surface area contributed by atoms with Gasteiger partial charge in [0.05, 0.1) is 7.11 Å². The fraction of sp³-hybridized carbons (Fsp3) is 0.227. The van der Waals surface area contributed by atoms with Crippen molar-refractivity contribution in [1.29, 1.82) is 0 Å². The van der Waals surface area contributed by atoms with E-state index in [-0.39, 0.29) is 0 Å². The predicted molar refractivity (Wildman–Crippen MR) is 102 cm³/mol. The molecule has 1 aromatic heterocycles. The molecule has 1 heterocycles. The van der Waals surface area contributed by atoms with E-state index in [4.69, 9.17) is 9.47 Å². The first-order chi connectivity index (χ1) is 12.7. The SMILES string of the molecule is COc1cc(C[NH2+]Cc2ccncc2)ccc1OCc1cccc(C)c1. The number of hydrogen-bond donors (Lipinski definition) is 1. The zero-order valence-electron chi connectivity index (χ0n) is 15.3. The zero-order valence-corrected chi connectivity index (χ0v) is 15.3. The quantitative estimate of drug-likeness (QED) is 0.679. The van der Waals surface area contributed by atoms with Crippen molar-refractivity contribution in [1.82, 2.24) is 4.98 Å². The van der Waals surface area contributed by atoms with Gasteiger partial charge in [0.2, 0.25) is 0 Å². The topological polar surface area (TPSA) is 48.0 Å². The smallest absolute Gasteiger partial charge is 0.161 e. The van der Waals surface area contributed by atoms with Crippen LogP contribution in [0.15, 0.2) is 67.0 Å². The van der Waals surface area contributed by atoms with Gasteiger partial charge in [-0.3, -0.25) is 4.98 Å². The highest BCUT2D eigenvalue weighted by atomic mass is 16.5. The molecule has 0 atom stereocenters. The van der Waals surface area contributed by atoms with Crippen LogP contribution in [0.2, 0.25) is 0 Å². The fourth-order valence-corrected chi connectivity index (χ4v) is 2.85. The minimum atomic E-state index is 0.533. The molecule has 3 rings (SSSR count). The largest absolute Gasteiger partial charge is 0.493 e. The summed E-state index contributed by atoms with van der Waals surface area (Å²) >= 11 is 0. The fourth-order valence-electron chi connectivity index (χ4n) is 2.85. The Labute approximate surface area is 154 Å². The van der Waals surface area contributed by atoms with Crippen LogP contribution in [-0.2, 0) is 19.7 Å². The summed E-state index contributed by atoms with van der Waals surface area (Å²) in [6.07, 6.45) is 3.65. The Kier molecular flexibility index (Phi) is 6.23. The number of hydrogen-bond acceptors (Lipinski definition) is 3. The summed E-state index contributed by atoms with van der Waals surface area (Å²) in [5.41, 5.74) is 4.86. The first kappa shape index (κ1) is 18.0. The number of aromatic nitrogens is 1. The van der Waals surface area contributed by atoms with Crippen LogP contribution in [0.4, 0.5) is 0 Å². The van der Waals surface area contributed by atoms with Gasteiger partial charge in [0.1, 0.15) is 19.7 Å². The molecule has 4 heteroatoms. The second-order valence-electron chi connectivity index (χ2n) is 6.32.